The highest BCUT2D eigenvalue weighted by Crippen LogP contribution is 2.21. The van der Waals surface area contributed by atoms with E-state index in [4.69, 9.17) is 4.74 Å². The maximum Gasteiger partial charge on any atom is 0.248 e. The van der Waals surface area contributed by atoms with Crippen LogP contribution >= 0.6 is 0 Å². The lowest BCUT2D eigenvalue weighted by Gasteiger charge is -2.46. The van der Waals surface area contributed by atoms with E-state index >= 15 is 0 Å². The summed E-state index contributed by atoms with van der Waals surface area (Å²) in [4.78, 5) is 29.4. The zero-order valence-corrected chi connectivity index (χ0v) is 17.3. The SMILES string of the molecule is C[C@@H](OCc1ccccc1)[C@@H]1NC(=O)[C@H]2CN(Cc3ccc(F)c(F)c3)CCN2C1=O. The summed E-state index contributed by atoms with van der Waals surface area (Å²) in [7, 11) is 0. The molecular formula is C23H25F2N3O3. The third kappa shape index (κ3) is 4.75. The molecule has 2 fully saturated rings. The summed E-state index contributed by atoms with van der Waals surface area (Å²) < 4.78 is 32.5. The number of nitrogens with one attached hydrogen (secondary N) is 1. The van der Waals surface area contributed by atoms with Crippen molar-refractivity contribution in [3.63, 3.8) is 0 Å². The summed E-state index contributed by atoms with van der Waals surface area (Å²) in [6.07, 6.45) is -0.474. The third-order valence-electron chi connectivity index (χ3n) is 5.83. The van der Waals surface area contributed by atoms with Gasteiger partial charge in [0.2, 0.25) is 11.8 Å². The molecule has 0 aliphatic carbocycles. The average molecular weight is 429 g/mol. The highest BCUT2D eigenvalue weighted by atomic mass is 19.2. The first kappa shape index (κ1) is 21.4. The molecule has 2 aromatic rings. The van der Waals surface area contributed by atoms with Crippen molar-refractivity contribution < 1.29 is 23.1 Å². The molecule has 2 amide bonds. The Morgan fingerprint density at radius 1 is 1.06 bits per heavy atom. The maximum absolute atomic E-state index is 13.5. The lowest BCUT2D eigenvalue weighted by molar-refractivity contribution is -0.157. The predicted molar refractivity (Wildman–Crippen MR) is 110 cm³/mol. The second-order valence-corrected chi connectivity index (χ2v) is 8.02. The number of piperazine rings is 2. The van der Waals surface area contributed by atoms with Crippen LogP contribution in [0.1, 0.15) is 18.1 Å². The van der Waals surface area contributed by atoms with Gasteiger partial charge in [-0.15, -0.1) is 0 Å². The number of ether oxygens (including phenoxy) is 1. The zero-order valence-electron chi connectivity index (χ0n) is 17.3. The monoisotopic (exact) mass is 429 g/mol. The number of fused-ring (bicyclic) bond motifs is 1. The molecule has 0 aromatic heterocycles. The molecule has 0 saturated carbocycles. The van der Waals surface area contributed by atoms with Crippen LogP contribution in [0.3, 0.4) is 0 Å². The standard InChI is InChI=1S/C23H25F2N3O3/c1-15(31-14-16-5-3-2-4-6-16)21-23(30)28-10-9-27(13-20(28)22(29)26-21)12-17-7-8-18(24)19(25)11-17/h2-8,11,15,20-21H,9-10,12-14H2,1H3,(H,26,29)/t15-,20-,21+/m1/s1. The summed E-state index contributed by atoms with van der Waals surface area (Å²) >= 11 is 0. The van der Waals surface area contributed by atoms with Gasteiger partial charge in [0.15, 0.2) is 11.6 Å². The molecule has 2 aliphatic rings. The maximum atomic E-state index is 13.5. The van der Waals surface area contributed by atoms with Crippen LogP contribution < -0.4 is 5.32 Å². The molecule has 31 heavy (non-hydrogen) atoms. The van der Waals surface area contributed by atoms with Gasteiger partial charge in [0.25, 0.3) is 0 Å². The zero-order chi connectivity index (χ0) is 22.0. The Hall–Kier alpha value is -2.84. The molecule has 0 unspecified atom stereocenters. The Morgan fingerprint density at radius 3 is 2.58 bits per heavy atom. The van der Waals surface area contributed by atoms with Crippen molar-refractivity contribution in [3.8, 4) is 0 Å². The Bertz CT molecular complexity index is 956. The third-order valence-corrected chi connectivity index (χ3v) is 5.83. The lowest BCUT2D eigenvalue weighted by atomic mass is 10.0. The number of hydrogen-bond acceptors (Lipinski definition) is 4. The number of hydrogen-bond donors (Lipinski definition) is 1. The number of benzene rings is 2. The first-order valence-corrected chi connectivity index (χ1v) is 10.3. The first-order chi connectivity index (χ1) is 14.9. The van der Waals surface area contributed by atoms with Crippen LogP contribution in [0.15, 0.2) is 48.5 Å². The Morgan fingerprint density at radius 2 is 1.84 bits per heavy atom. The van der Waals surface area contributed by atoms with Crippen molar-refractivity contribution in [2.24, 2.45) is 0 Å². The fraction of sp³-hybridized carbons (Fsp3) is 0.391. The normalized spacial score (nSPS) is 22.7. The molecule has 2 heterocycles. The molecule has 0 bridgehead atoms. The van der Waals surface area contributed by atoms with Crippen molar-refractivity contribution in [3.05, 3.63) is 71.3 Å². The van der Waals surface area contributed by atoms with Gasteiger partial charge < -0.3 is 15.0 Å². The van der Waals surface area contributed by atoms with E-state index in [0.717, 1.165) is 17.7 Å². The minimum absolute atomic E-state index is 0.155. The van der Waals surface area contributed by atoms with E-state index in [-0.39, 0.29) is 11.8 Å². The highest BCUT2D eigenvalue weighted by Gasteiger charge is 2.45. The molecule has 2 aromatic carbocycles. The van der Waals surface area contributed by atoms with Crippen molar-refractivity contribution in [2.75, 3.05) is 19.6 Å². The Labute approximate surface area is 179 Å². The summed E-state index contributed by atoms with van der Waals surface area (Å²) in [5, 5.41) is 2.81. The van der Waals surface area contributed by atoms with Gasteiger partial charge in [0, 0.05) is 26.2 Å². The van der Waals surface area contributed by atoms with Crippen LogP contribution in [0.4, 0.5) is 8.78 Å². The number of nitrogens with zero attached hydrogens (tertiary/aromatic N) is 2. The van der Waals surface area contributed by atoms with Gasteiger partial charge in [-0.3, -0.25) is 14.5 Å². The molecule has 1 N–H and O–H groups in total. The topological polar surface area (TPSA) is 61.9 Å². The second-order valence-electron chi connectivity index (χ2n) is 8.02. The van der Waals surface area contributed by atoms with Crippen LogP contribution in [-0.2, 0) is 27.5 Å². The van der Waals surface area contributed by atoms with Gasteiger partial charge in [0.1, 0.15) is 12.1 Å². The lowest BCUT2D eigenvalue weighted by Crippen LogP contribution is -2.71. The summed E-state index contributed by atoms with van der Waals surface area (Å²) in [5.41, 5.74) is 1.61. The van der Waals surface area contributed by atoms with Gasteiger partial charge in [-0.1, -0.05) is 36.4 Å². The second kappa shape index (κ2) is 9.11. The number of carbonyl (C=O) groups excluding carboxylic acids is 2. The molecule has 2 aliphatic heterocycles. The molecule has 8 heteroatoms. The van der Waals surface area contributed by atoms with E-state index in [1.165, 1.54) is 6.07 Å². The quantitative estimate of drug-likeness (QED) is 0.764. The molecule has 6 nitrogen and oxygen atoms in total. The smallest absolute Gasteiger partial charge is 0.248 e. The number of amides is 2. The summed E-state index contributed by atoms with van der Waals surface area (Å²) in [6, 6.07) is 12.1. The van der Waals surface area contributed by atoms with Crippen LogP contribution in [0.25, 0.3) is 0 Å². The number of rotatable bonds is 6. The average Bonchev–Trinajstić information content (AvgIpc) is 2.78. The minimum atomic E-state index is -0.894. The van der Waals surface area contributed by atoms with Gasteiger partial charge in [0.05, 0.1) is 12.7 Å². The van der Waals surface area contributed by atoms with Crippen molar-refractivity contribution >= 4 is 11.8 Å². The molecule has 164 valence electrons. The molecule has 2 saturated heterocycles. The highest BCUT2D eigenvalue weighted by molar-refractivity contribution is 5.97. The van der Waals surface area contributed by atoms with E-state index in [1.807, 2.05) is 35.2 Å². The van der Waals surface area contributed by atoms with E-state index in [0.29, 0.717) is 38.3 Å². The molecule has 3 atom stereocenters. The van der Waals surface area contributed by atoms with Gasteiger partial charge in [-0.25, -0.2) is 8.78 Å². The molecule has 0 radical (unpaired) electrons. The largest absolute Gasteiger partial charge is 0.371 e. The molecular weight excluding hydrogens is 404 g/mol. The predicted octanol–water partition coefficient (Wildman–Crippen LogP) is 2.08. The van der Waals surface area contributed by atoms with Crippen LogP contribution in [-0.4, -0.2) is 59.4 Å². The van der Waals surface area contributed by atoms with Crippen molar-refractivity contribution in [1.82, 2.24) is 15.1 Å². The van der Waals surface area contributed by atoms with E-state index in [1.54, 1.807) is 11.8 Å². The van der Waals surface area contributed by atoms with Crippen molar-refractivity contribution in [1.29, 1.82) is 0 Å². The fourth-order valence-corrected chi connectivity index (χ4v) is 4.07. The minimum Gasteiger partial charge on any atom is -0.371 e. The van der Waals surface area contributed by atoms with Crippen LogP contribution in [0, 0.1) is 11.6 Å². The van der Waals surface area contributed by atoms with Gasteiger partial charge >= 0.3 is 0 Å². The number of halogens is 2. The van der Waals surface area contributed by atoms with Gasteiger partial charge in [-0.2, -0.15) is 0 Å². The fourth-order valence-electron chi connectivity index (χ4n) is 4.07. The van der Waals surface area contributed by atoms with E-state index < -0.39 is 29.8 Å². The van der Waals surface area contributed by atoms with E-state index in [9.17, 15) is 18.4 Å². The Balaban J connectivity index is 1.36. The number of carbonyl (C=O) groups is 2. The van der Waals surface area contributed by atoms with Gasteiger partial charge in [-0.05, 0) is 30.2 Å². The molecule has 0 spiro atoms. The van der Waals surface area contributed by atoms with Crippen LogP contribution in [0.2, 0.25) is 0 Å². The van der Waals surface area contributed by atoms with Crippen LogP contribution in [0.5, 0.6) is 0 Å². The Kier molecular flexibility index (Phi) is 6.29. The summed E-state index contributed by atoms with van der Waals surface area (Å²) in [6.45, 7) is 3.78. The van der Waals surface area contributed by atoms with E-state index in [2.05, 4.69) is 5.32 Å². The van der Waals surface area contributed by atoms with Crippen molar-refractivity contribution in [2.45, 2.75) is 38.3 Å². The summed E-state index contributed by atoms with van der Waals surface area (Å²) in [5.74, 6) is -2.16. The first-order valence-electron chi connectivity index (χ1n) is 10.3. The molecule has 4 rings (SSSR count).